The summed E-state index contributed by atoms with van der Waals surface area (Å²) in [5.74, 6) is -0.517. The van der Waals surface area contributed by atoms with Gasteiger partial charge in [0.25, 0.3) is 0 Å². The quantitative estimate of drug-likeness (QED) is 0.625. The van der Waals surface area contributed by atoms with Gasteiger partial charge in [-0.25, -0.2) is 4.98 Å². The lowest BCUT2D eigenvalue weighted by atomic mass is 10.2. The topological polar surface area (TPSA) is 38.9 Å². The van der Waals surface area contributed by atoms with Crippen LogP contribution < -0.4 is 5.73 Å². The van der Waals surface area contributed by atoms with Crippen molar-refractivity contribution in [2.24, 2.45) is 0 Å². The van der Waals surface area contributed by atoms with Crippen LogP contribution >= 0.6 is 0 Å². The highest BCUT2D eigenvalue weighted by Gasteiger charge is 2.33. The summed E-state index contributed by atoms with van der Waals surface area (Å²) in [6.07, 6.45) is -3.35. The van der Waals surface area contributed by atoms with Crippen molar-refractivity contribution in [3.8, 4) is 0 Å². The molecule has 2 nitrogen and oxygen atoms in total. The van der Waals surface area contributed by atoms with Gasteiger partial charge in [0.15, 0.2) is 0 Å². The number of anilines is 1. The van der Waals surface area contributed by atoms with E-state index < -0.39 is 17.6 Å². The average molecular weight is 161 g/mol. The van der Waals surface area contributed by atoms with Gasteiger partial charge in [-0.05, 0) is 6.07 Å². The average Bonchev–Trinajstić information content (AvgIpc) is 1.86. The first-order chi connectivity index (χ1) is 5.02. The van der Waals surface area contributed by atoms with Gasteiger partial charge < -0.3 is 5.73 Å². The molecule has 0 fully saturated rings. The Balaban J connectivity index is 3.14. The van der Waals surface area contributed by atoms with Gasteiger partial charge in [0.05, 0.1) is 5.56 Å². The first kappa shape index (κ1) is 7.84. The predicted octanol–water partition coefficient (Wildman–Crippen LogP) is 1.48. The standard InChI is InChI=1S/C6H4F3N2/c7-6(8,9)4-2-1-3-11-5(4)10/h2-3H,(H2,10,11). The second-order valence-electron chi connectivity index (χ2n) is 1.87. The van der Waals surface area contributed by atoms with Crippen LogP contribution in [0, 0.1) is 6.07 Å². The lowest BCUT2D eigenvalue weighted by Crippen LogP contribution is -2.09. The van der Waals surface area contributed by atoms with Gasteiger partial charge in [0, 0.05) is 12.3 Å². The minimum Gasteiger partial charge on any atom is -0.383 e. The van der Waals surface area contributed by atoms with E-state index in [0.29, 0.717) is 0 Å². The Bertz CT molecular complexity index is 256. The Kier molecular flexibility index (Phi) is 1.72. The summed E-state index contributed by atoms with van der Waals surface area (Å²) >= 11 is 0. The first-order valence-corrected chi connectivity index (χ1v) is 2.70. The van der Waals surface area contributed by atoms with Crippen molar-refractivity contribution in [1.82, 2.24) is 4.98 Å². The molecule has 0 bridgehead atoms. The third-order valence-electron chi connectivity index (χ3n) is 1.09. The van der Waals surface area contributed by atoms with Gasteiger partial charge in [0.1, 0.15) is 5.82 Å². The van der Waals surface area contributed by atoms with Gasteiger partial charge in [0.2, 0.25) is 0 Å². The molecule has 1 heterocycles. The number of hydrogen-bond acceptors (Lipinski definition) is 2. The Morgan fingerprint density at radius 3 is 2.45 bits per heavy atom. The summed E-state index contributed by atoms with van der Waals surface area (Å²) in [4.78, 5) is 3.25. The number of halogens is 3. The minimum absolute atomic E-state index is 0.517. The zero-order valence-electron chi connectivity index (χ0n) is 5.31. The SMILES string of the molecule is Nc1nc[c]cc1C(F)(F)F. The van der Waals surface area contributed by atoms with Gasteiger partial charge in [-0.2, -0.15) is 13.2 Å². The van der Waals surface area contributed by atoms with Gasteiger partial charge in [-0.1, -0.05) is 0 Å². The van der Waals surface area contributed by atoms with E-state index in [1.165, 1.54) is 0 Å². The molecule has 2 N–H and O–H groups in total. The molecule has 0 aliphatic heterocycles. The van der Waals surface area contributed by atoms with Crippen LogP contribution in [-0.4, -0.2) is 4.98 Å². The summed E-state index contributed by atoms with van der Waals surface area (Å²) in [6, 6.07) is 2.96. The number of nitrogens with two attached hydrogens (primary N) is 1. The molecule has 0 amide bonds. The van der Waals surface area contributed by atoms with E-state index in [-0.39, 0.29) is 0 Å². The predicted molar refractivity (Wildman–Crippen MR) is 32.5 cm³/mol. The number of alkyl halides is 3. The fourth-order valence-electron chi connectivity index (χ4n) is 0.598. The van der Waals surface area contributed by atoms with Crippen molar-refractivity contribution < 1.29 is 13.2 Å². The summed E-state index contributed by atoms with van der Waals surface area (Å²) < 4.78 is 35.7. The van der Waals surface area contributed by atoms with E-state index >= 15 is 0 Å². The van der Waals surface area contributed by atoms with Crippen molar-refractivity contribution >= 4 is 5.82 Å². The van der Waals surface area contributed by atoms with Crippen LogP contribution in [0.2, 0.25) is 0 Å². The molecule has 0 saturated carbocycles. The van der Waals surface area contributed by atoms with E-state index in [0.717, 1.165) is 12.3 Å². The Labute approximate surface area is 60.9 Å². The van der Waals surface area contributed by atoms with Crippen molar-refractivity contribution in [3.05, 3.63) is 23.9 Å². The second kappa shape index (κ2) is 2.41. The molecule has 1 aromatic heterocycles. The third-order valence-corrected chi connectivity index (χ3v) is 1.09. The zero-order chi connectivity index (χ0) is 8.48. The van der Waals surface area contributed by atoms with E-state index in [4.69, 9.17) is 5.73 Å². The molecule has 11 heavy (non-hydrogen) atoms. The molecule has 1 rings (SSSR count). The number of nitrogens with zero attached hydrogens (tertiary/aromatic N) is 1. The maximum Gasteiger partial charge on any atom is 0.419 e. The molecule has 1 aromatic rings. The highest BCUT2D eigenvalue weighted by Crippen LogP contribution is 2.31. The monoisotopic (exact) mass is 161 g/mol. The highest BCUT2D eigenvalue weighted by atomic mass is 19.4. The molecular formula is C6H4F3N2. The maximum atomic E-state index is 11.9. The Morgan fingerprint density at radius 1 is 1.45 bits per heavy atom. The van der Waals surface area contributed by atoms with Crippen LogP contribution in [0.4, 0.5) is 19.0 Å². The molecular weight excluding hydrogens is 157 g/mol. The fourth-order valence-corrected chi connectivity index (χ4v) is 0.598. The van der Waals surface area contributed by atoms with E-state index in [1.807, 2.05) is 0 Å². The fraction of sp³-hybridized carbons (Fsp3) is 0.167. The molecule has 0 aliphatic rings. The molecule has 0 saturated heterocycles. The smallest absolute Gasteiger partial charge is 0.383 e. The van der Waals surface area contributed by atoms with Gasteiger partial charge >= 0.3 is 6.18 Å². The van der Waals surface area contributed by atoms with Crippen molar-refractivity contribution in [1.29, 1.82) is 0 Å². The minimum atomic E-state index is -4.44. The van der Waals surface area contributed by atoms with Crippen molar-refractivity contribution in [3.63, 3.8) is 0 Å². The molecule has 0 unspecified atom stereocenters. The number of hydrogen-bond donors (Lipinski definition) is 1. The Morgan fingerprint density at radius 2 is 2.09 bits per heavy atom. The van der Waals surface area contributed by atoms with Gasteiger partial charge in [-0.15, -0.1) is 0 Å². The summed E-state index contributed by atoms with van der Waals surface area (Å²) in [5, 5.41) is 0. The highest BCUT2D eigenvalue weighted by molar-refractivity contribution is 5.39. The Hall–Kier alpha value is -1.26. The third kappa shape index (κ3) is 1.60. The lowest BCUT2D eigenvalue weighted by molar-refractivity contribution is -0.137. The van der Waals surface area contributed by atoms with Crippen molar-refractivity contribution in [2.45, 2.75) is 6.18 Å². The number of rotatable bonds is 0. The number of aromatic nitrogens is 1. The van der Waals surface area contributed by atoms with Crippen LogP contribution in [0.1, 0.15) is 5.56 Å². The van der Waals surface area contributed by atoms with Crippen LogP contribution in [0.15, 0.2) is 12.3 Å². The normalized spacial score (nSPS) is 11.5. The molecule has 0 aliphatic carbocycles. The van der Waals surface area contributed by atoms with E-state index in [1.54, 1.807) is 0 Å². The second-order valence-corrected chi connectivity index (χ2v) is 1.87. The largest absolute Gasteiger partial charge is 0.419 e. The molecule has 59 valence electrons. The van der Waals surface area contributed by atoms with Crippen molar-refractivity contribution in [2.75, 3.05) is 5.73 Å². The summed E-state index contributed by atoms with van der Waals surface area (Å²) in [6.45, 7) is 0. The van der Waals surface area contributed by atoms with E-state index in [9.17, 15) is 13.2 Å². The van der Waals surface area contributed by atoms with Gasteiger partial charge in [-0.3, -0.25) is 0 Å². The molecule has 0 aromatic carbocycles. The van der Waals surface area contributed by atoms with Crippen LogP contribution in [0.3, 0.4) is 0 Å². The van der Waals surface area contributed by atoms with Crippen LogP contribution in [-0.2, 0) is 6.18 Å². The molecule has 1 radical (unpaired) electrons. The maximum absolute atomic E-state index is 11.9. The first-order valence-electron chi connectivity index (χ1n) is 2.70. The zero-order valence-corrected chi connectivity index (χ0v) is 5.31. The molecule has 0 atom stereocenters. The molecule has 5 heteroatoms. The lowest BCUT2D eigenvalue weighted by Gasteiger charge is -2.06. The van der Waals surface area contributed by atoms with Crippen LogP contribution in [0.25, 0.3) is 0 Å². The summed E-state index contributed by atoms with van der Waals surface area (Å²) in [5.41, 5.74) is 4.01. The van der Waals surface area contributed by atoms with E-state index in [2.05, 4.69) is 11.1 Å². The van der Waals surface area contributed by atoms with Crippen LogP contribution in [0.5, 0.6) is 0 Å². The summed E-state index contributed by atoms with van der Waals surface area (Å²) in [7, 11) is 0. The number of nitrogen functional groups attached to an aromatic ring is 1. The number of pyridine rings is 1. The molecule has 0 spiro atoms.